The maximum absolute atomic E-state index is 12.0. The van der Waals surface area contributed by atoms with E-state index in [0.717, 1.165) is 23.3 Å². The first-order valence-electron chi connectivity index (χ1n) is 6.56. The van der Waals surface area contributed by atoms with E-state index < -0.39 is 21.1 Å². The van der Waals surface area contributed by atoms with Crippen LogP contribution in [0.25, 0.3) is 0 Å². The summed E-state index contributed by atoms with van der Waals surface area (Å²) >= 11 is 0. The van der Waals surface area contributed by atoms with Crippen LogP contribution in [0.2, 0.25) is 0 Å². The monoisotopic (exact) mass is 298 g/mol. The third-order valence-electron chi connectivity index (χ3n) is 3.50. The third-order valence-corrected chi connectivity index (χ3v) is 5.67. The van der Waals surface area contributed by atoms with Crippen LogP contribution in [0.15, 0.2) is 18.2 Å². The predicted molar refractivity (Wildman–Crippen MR) is 74.8 cm³/mol. The summed E-state index contributed by atoms with van der Waals surface area (Å²) < 4.78 is 29.4. The molecule has 1 aromatic rings. The maximum atomic E-state index is 12.0. The molecule has 0 amide bonds. The smallest absolute Gasteiger partial charge is 0.304 e. The normalized spacial score (nSPS) is 15.4. The number of benzene rings is 1. The van der Waals surface area contributed by atoms with Gasteiger partial charge in [-0.15, -0.1) is 0 Å². The molecule has 2 rings (SSSR count). The van der Waals surface area contributed by atoms with Crippen molar-refractivity contribution < 1.29 is 23.1 Å². The van der Waals surface area contributed by atoms with Gasteiger partial charge < -0.3 is 9.84 Å². The molecule has 0 aromatic heterocycles. The minimum Gasteiger partial charge on any atom is -0.493 e. The van der Waals surface area contributed by atoms with Gasteiger partial charge in [0.05, 0.1) is 24.0 Å². The highest BCUT2D eigenvalue weighted by Crippen LogP contribution is 2.26. The molecular weight excluding hydrogens is 280 g/mol. The summed E-state index contributed by atoms with van der Waals surface area (Å²) in [5.41, 5.74) is 2.05. The number of carboxylic acids is 1. The highest BCUT2D eigenvalue weighted by molar-refractivity contribution is 7.92. The molecule has 0 spiro atoms. The standard InChI is InChI=1S/C14H18O5S/c1-10(8-14(15)16)20(17,18)7-5-11-2-3-13-12(9-11)4-6-19-13/h2-3,9-10H,4-8H2,1H3,(H,15,16). The molecule has 0 saturated carbocycles. The van der Waals surface area contributed by atoms with Crippen LogP contribution < -0.4 is 4.74 Å². The Bertz CT molecular complexity index is 606. The van der Waals surface area contributed by atoms with Gasteiger partial charge >= 0.3 is 5.97 Å². The molecule has 0 fully saturated rings. The van der Waals surface area contributed by atoms with Crippen LogP contribution in [0.5, 0.6) is 5.75 Å². The van der Waals surface area contributed by atoms with Crippen LogP contribution in [0.1, 0.15) is 24.5 Å². The predicted octanol–water partition coefficient (Wildman–Crippen LogP) is 1.44. The Hall–Kier alpha value is -1.56. The number of hydrogen-bond donors (Lipinski definition) is 1. The van der Waals surface area contributed by atoms with Crippen molar-refractivity contribution in [3.63, 3.8) is 0 Å². The van der Waals surface area contributed by atoms with Gasteiger partial charge in [-0.3, -0.25) is 4.79 Å². The van der Waals surface area contributed by atoms with Crippen molar-refractivity contribution in [1.82, 2.24) is 0 Å². The molecule has 1 aliphatic heterocycles. The van der Waals surface area contributed by atoms with Gasteiger partial charge in [-0.1, -0.05) is 12.1 Å². The van der Waals surface area contributed by atoms with E-state index >= 15 is 0 Å². The van der Waals surface area contributed by atoms with Crippen molar-refractivity contribution in [2.24, 2.45) is 0 Å². The Morgan fingerprint density at radius 1 is 1.45 bits per heavy atom. The van der Waals surface area contributed by atoms with Crippen molar-refractivity contribution in [1.29, 1.82) is 0 Å². The lowest BCUT2D eigenvalue weighted by Crippen LogP contribution is -2.24. The van der Waals surface area contributed by atoms with Gasteiger partial charge in [0.2, 0.25) is 0 Å². The van der Waals surface area contributed by atoms with E-state index in [-0.39, 0.29) is 12.2 Å². The van der Waals surface area contributed by atoms with E-state index in [9.17, 15) is 13.2 Å². The molecule has 1 atom stereocenters. The first-order valence-corrected chi connectivity index (χ1v) is 8.28. The number of carbonyl (C=O) groups is 1. The lowest BCUT2D eigenvalue weighted by Gasteiger charge is -2.11. The summed E-state index contributed by atoms with van der Waals surface area (Å²) in [6.45, 7) is 2.12. The van der Waals surface area contributed by atoms with Crippen molar-refractivity contribution in [2.75, 3.05) is 12.4 Å². The topological polar surface area (TPSA) is 80.7 Å². The van der Waals surface area contributed by atoms with Gasteiger partial charge in [0.25, 0.3) is 0 Å². The lowest BCUT2D eigenvalue weighted by atomic mass is 10.1. The quantitative estimate of drug-likeness (QED) is 0.859. The zero-order valence-corrected chi connectivity index (χ0v) is 12.1. The Kier molecular flexibility index (Phi) is 4.32. The summed E-state index contributed by atoms with van der Waals surface area (Å²) in [7, 11) is -3.38. The van der Waals surface area contributed by atoms with Crippen LogP contribution in [0.4, 0.5) is 0 Å². The molecule has 0 bridgehead atoms. The average molecular weight is 298 g/mol. The summed E-state index contributed by atoms with van der Waals surface area (Å²) in [6.07, 6.45) is 0.908. The lowest BCUT2D eigenvalue weighted by molar-refractivity contribution is -0.136. The van der Waals surface area contributed by atoms with Crippen LogP contribution in [-0.4, -0.2) is 37.1 Å². The van der Waals surface area contributed by atoms with E-state index in [1.807, 2.05) is 18.2 Å². The fourth-order valence-corrected chi connectivity index (χ4v) is 3.55. The number of rotatable bonds is 6. The zero-order chi connectivity index (χ0) is 14.8. The molecule has 1 heterocycles. The number of ether oxygens (including phenoxy) is 1. The van der Waals surface area contributed by atoms with Gasteiger partial charge in [0.1, 0.15) is 5.75 Å². The second-order valence-corrected chi connectivity index (χ2v) is 7.60. The molecule has 0 aliphatic carbocycles. The maximum Gasteiger partial charge on any atom is 0.304 e. The Morgan fingerprint density at radius 2 is 2.20 bits per heavy atom. The minimum atomic E-state index is -3.38. The van der Waals surface area contributed by atoms with Crippen molar-refractivity contribution in [3.05, 3.63) is 29.3 Å². The first-order chi connectivity index (χ1) is 9.38. The number of carboxylic acid groups (broad SMARTS) is 1. The van der Waals surface area contributed by atoms with E-state index in [1.165, 1.54) is 6.92 Å². The van der Waals surface area contributed by atoms with Crippen LogP contribution in [0.3, 0.4) is 0 Å². The fraction of sp³-hybridized carbons (Fsp3) is 0.500. The molecule has 1 N–H and O–H groups in total. The summed E-state index contributed by atoms with van der Waals surface area (Å²) in [4.78, 5) is 10.6. The highest BCUT2D eigenvalue weighted by atomic mass is 32.2. The Balaban J connectivity index is 1.99. The van der Waals surface area contributed by atoms with Crippen molar-refractivity contribution in [3.8, 4) is 5.75 Å². The largest absolute Gasteiger partial charge is 0.493 e. The third kappa shape index (κ3) is 3.50. The fourth-order valence-electron chi connectivity index (χ4n) is 2.23. The van der Waals surface area contributed by atoms with Crippen LogP contribution in [-0.2, 0) is 27.5 Å². The van der Waals surface area contributed by atoms with Crippen molar-refractivity contribution >= 4 is 15.8 Å². The minimum absolute atomic E-state index is 0.0267. The number of hydrogen-bond acceptors (Lipinski definition) is 4. The molecule has 1 aromatic carbocycles. The second kappa shape index (κ2) is 5.83. The molecule has 5 nitrogen and oxygen atoms in total. The molecule has 1 aliphatic rings. The molecular formula is C14H18O5S. The van der Waals surface area contributed by atoms with Crippen LogP contribution in [0, 0.1) is 0 Å². The van der Waals surface area contributed by atoms with E-state index in [0.29, 0.717) is 13.0 Å². The van der Waals surface area contributed by atoms with Crippen molar-refractivity contribution in [2.45, 2.75) is 31.4 Å². The second-order valence-electron chi connectivity index (χ2n) is 5.07. The van der Waals surface area contributed by atoms with Crippen LogP contribution >= 0.6 is 0 Å². The number of aryl methyl sites for hydroxylation is 1. The Labute approximate surface area is 118 Å². The highest BCUT2D eigenvalue weighted by Gasteiger charge is 2.23. The van der Waals surface area contributed by atoms with Gasteiger partial charge in [0, 0.05) is 6.42 Å². The van der Waals surface area contributed by atoms with Gasteiger partial charge in [-0.25, -0.2) is 8.42 Å². The molecule has 1 unspecified atom stereocenters. The average Bonchev–Trinajstić information content (AvgIpc) is 2.82. The van der Waals surface area contributed by atoms with Gasteiger partial charge in [-0.05, 0) is 30.5 Å². The zero-order valence-electron chi connectivity index (χ0n) is 11.3. The van der Waals surface area contributed by atoms with E-state index in [2.05, 4.69) is 0 Å². The number of aliphatic carboxylic acids is 1. The molecule has 20 heavy (non-hydrogen) atoms. The van der Waals surface area contributed by atoms with E-state index in [4.69, 9.17) is 9.84 Å². The summed E-state index contributed by atoms with van der Waals surface area (Å²) in [5.74, 6) is -0.243. The molecule has 110 valence electrons. The summed E-state index contributed by atoms with van der Waals surface area (Å²) in [6, 6.07) is 5.70. The summed E-state index contributed by atoms with van der Waals surface area (Å²) in [5, 5.41) is 7.81. The molecule has 0 radical (unpaired) electrons. The van der Waals surface area contributed by atoms with E-state index in [1.54, 1.807) is 0 Å². The molecule has 0 saturated heterocycles. The number of fused-ring (bicyclic) bond motifs is 1. The number of sulfone groups is 1. The first kappa shape index (κ1) is 14.8. The molecule has 6 heteroatoms. The van der Waals surface area contributed by atoms with Gasteiger partial charge in [0.15, 0.2) is 9.84 Å². The SMILES string of the molecule is CC(CC(=O)O)S(=O)(=O)CCc1ccc2c(c1)CCO2. The Morgan fingerprint density at radius 3 is 2.90 bits per heavy atom. The van der Waals surface area contributed by atoms with Gasteiger partial charge in [-0.2, -0.15) is 0 Å².